The summed E-state index contributed by atoms with van der Waals surface area (Å²) < 4.78 is 7.00. The lowest BCUT2D eigenvalue weighted by Gasteiger charge is -2.33. The molecule has 0 saturated carbocycles. The van der Waals surface area contributed by atoms with Gasteiger partial charge in [-0.15, -0.1) is 0 Å². The number of ether oxygens (including phenoxy) is 1. The van der Waals surface area contributed by atoms with E-state index in [0.717, 1.165) is 38.4 Å². The molecule has 0 aliphatic carbocycles. The third kappa shape index (κ3) is 5.21. The van der Waals surface area contributed by atoms with Gasteiger partial charge in [0.1, 0.15) is 12.2 Å². The smallest absolute Gasteiger partial charge is 0.138 e. The fourth-order valence-electron chi connectivity index (χ4n) is 2.56. The molecule has 1 unspecified atom stereocenters. The van der Waals surface area contributed by atoms with Crippen LogP contribution in [0.3, 0.4) is 0 Å². The molecule has 1 atom stereocenters. The predicted octanol–water partition coefficient (Wildman–Crippen LogP) is 2.18. The van der Waals surface area contributed by atoms with Gasteiger partial charge in [-0.3, -0.25) is 4.68 Å². The van der Waals surface area contributed by atoms with Crippen LogP contribution in [0.15, 0.2) is 6.33 Å². The summed E-state index contributed by atoms with van der Waals surface area (Å²) in [7, 11) is 3.71. The summed E-state index contributed by atoms with van der Waals surface area (Å²) in [6.45, 7) is 7.21. The minimum absolute atomic E-state index is 0.268. The summed E-state index contributed by atoms with van der Waals surface area (Å²) in [6.07, 6.45) is 7.51. The Kier molecular flexibility index (Phi) is 7.77. The molecule has 20 heavy (non-hydrogen) atoms. The Morgan fingerprint density at radius 2 is 2.20 bits per heavy atom. The molecular weight excluding hydrogens is 252 g/mol. The molecule has 5 nitrogen and oxygen atoms in total. The Balaban J connectivity index is 2.68. The van der Waals surface area contributed by atoms with Crippen molar-refractivity contribution < 1.29 is 4.74 Å². The van der Waals surface area contributed by atoms with Crippen molar-refractivity contribution in [3.63, 3.8) is 0 Å². The Morgan fingerprint density at radius 1 is 1.40 bits per heavy atom. The molecule has 1 aromatic rings. The van der Waals surface area contributed by atoms with Gasteiger partial charge in [0.05, 0.1) is 6.61 Å². The van der Waals surface area contributed by atoms with E-state index in [-0.39, 0.29) is 5.41 Å². The van der Waals surface area contributed by atoms with Gasteiger partial charge in [0, 0.05) is 33.7 Å². The summed E-state index contributed by atoms with van der Waals surface area (Å²) in [5.74, 6) is 1.08. The van der Waals surface area contributed by atoms with Gasteiger partial charge in [0.25, 0.3) is 0 Å². The average molecular weight is 282 g/mol. The van der Waals surface area contributed by atoms with E-state index >= 15 is 0 Å². The van der Waals surface area contributed by atoms with Gasteiger partial charge in [-0.2, -0.15) is 5.10 Å². The molecule has 0 bridgehead atoms. The van der Waals surface area contributed by atoms with E-state index in [2.05, 4.69) is 29.2 Å². The molecule has 1 N–H and O–H groups in total. The minimum Gasteiger partial charge on any atom is -0.383 e. The fourth-order valence-corrected chi connectivity index (χ4v) is 2.56. The molecule has 0 fully saturated rings. The SMILES string of the molecule is CCCCC(CC)(CNCCOC)Cc1ncnn1C. The van der Waals surface area contributed by atoms with Crippen LogP contribution in [0.5, 0.6) is 0 Å². The molecule has 0 amide bonds. The van der Waals surface area contributed by atoms with E-state index in [1.807, 2.05) is 11.7 Å². The van der Waals surface area contributed by atoms with E-state index in [9.17, 15) is 0 Å². The highest BCUT2D eigenvalue weighted by Crippen LogP contribution is 2.31. The molecule has 1 heterocycles. The Labute approximate surface area is 123 Å². The first-order valence-corrected chi connectivity index (χ1v) is 7.70. The van der Waals surface area contributed by atoms with E-state index in [4.69, 9.17) is 4.74 Å². The van der Waals surface area contributed by atoms with Gasteiger partial charge in [0.15, 0.2) is 0 Å². The molecule has 1 aromatic heterocycles. The van der Waals surface area contributed by atoms with Gasteiger partial charge in [-0.25, -0.2) is 4.98 Å². The van der Waals surface area contributed by atoms with Crippen molar-refractivity contribution in [1.82, 2.24) is 20.1 Å². The molecule has 1 rings (SSSR count). The van der Waals surface area contributed by atoms with Crippen LogP contribution in [0.1, 0.15) is 45.4 Å². The number of aromatic nitrogens is 3. The highest BCUT2D eigenvalue weighted by Gasteiger charge is 2.29. The number of nitrogens with zero attached hydrogens (tertiary/aromatic N) is 3. The first-order valence-electron chi connectivity index (χ1n) is 7.70. The zero-order valence-corrected chi connectivity index (χ0v) is 13.5. The highest BCUT2D eigenvalue weighted by molar-refractivity contribution is 4.94. The Bertz CT molecular complexity index is 367. The first kappa shape index (κ1) is 17.1. The molecule has 0 aliphatic heterocycles. The van der Waals surface area contributed by atoms with Crippen LogP contribution >= 0.6 is 0 Å². The lowest BCUT2D eigenvalue weighted by atomic mass is 9.77. The van der Waals surface area contributed by atoms with Crippen LogP contribution in [0.25, 0.3) is 0 Å². The normalized spacial score (nSPS) is 14.4. The number of hydrogen-bond donors (Lipinski definition) is 1. The number of unbranched alkanes of at least 4 members (excludes halogenated alkanes) is 1. The van der Waals surface area contributed by atoms with Crippen LogP contribution in [-0.4, -0.2) is 41.6 Å². The standard InChI is InChI=1S/C15H30N4O/c1-5-7-8-15(6-2,12-16-9-10-20-4)11-14-17-13-18-19(14)3/h13,16H,5-12H2,1-4H3. The van der Waals surface area contributed by atoms with Gasteiger partial charge < -0.3 is 10.1 Å². The topological polar surface area (TPSA) is 52.0 Å². The van der Waals surface area contributed by atoms with Gasteiger partial charge in [0.2, 0.25) is 0 Å². The number of aryl methyl sites for hydroxylation is 1. The number of rotatable bonds is 11. The van der Waals surface area contributed by atoms with Crippen molar-refractivity contribution in [2.24, 2.45) is 12.5 Å². The van der Waals surface area contributed by atoms with Crippen LogP contribution in [0.2, 0.25) is 0 Å². The third-order valence-electron chi connectivity index (χ3n) is 4.13. The summed E-state index contributed by atoms with van der Waals surface area (Å²) in [5, 5.41) is 7.73. The maximum atomic E-state index is 5.11. The predicted molar refractivity (Wildman–Crippen MR) is 81.7 cm³/mol. The summed E-state index contributed by atoms with van der Waals surface area (Å²) in [4.78, 5) is 4.40. The molecule has 0 aromatic carbocycles. The van der Waals surface area contributed by atoms with Gasteiger partial charge in [-0.05, 0) is 18.3 Å². The second-order valence-electron chi connectivity index (χ2n) is 5.60. The second-order valence-corrected chi connectivity index (χ2v) is 5.60. The monoisotopic (exact) mass is 282 g/mol. The van der Waals surface area contributed by atoms with Crippen molar-refractivity contribution >= 4 is 0 Å². The third-order valence-corrected chi connectivity index (χ3v) is 4.13. The van der Waals surface area contributed by atoms with Gasteiger partial charge in [-0.1, -0.05) is 26.7 Å². The van der Waals surface area contributed by atoms with E-state index in [1.165, 1.54) is 19.3 Å². The maximum absolute atomic E-state index is 5.11. The van der Waals surface area contributed by atoms with Crippen LogP contribution < -0.4 is 5.32 Å². The van der Waals surface area contributed by atoms with Gasteiger partial charge >= 0.3 is 0 Å². The van der Waals surface area contributed by atoms with Crippen molar-refractivity contribution in [3.05, 3.63) is 12.2 Å². The molecular formula is C15H30N4O. The van der Waals surface area contributed by atoms with E-state index in [1.54, 1.807) is 13.4 Å². The average Bonchev–Trinajstić information content (AvgIpc) is 2.86. The van der Waals surface area contributed by atoms with Crippen molar-refractivity contribution in [1.29, 1.82) is 0 Å². The lowest BCUT2D eigenvalue weighted by molar-refractivity contribution is 0.180. The van der Waals surface area contributed by atoms with E-state index < -0.39 is 0 Å². The van der Waals surface area contributed by atoms with Crippen LogP contribution in [-0.2, 0) is 18.2 Å². The molecule has 0 aliphatic rings. The zero-order chi connectivity index (χ0) is 14.8. The number of methoxy groups -OCH3 is 1. The number of nitrogens with one attached hydrogen (secondary N) is 1. The van der Waals surface area contributed by atoms with E-state index in [0.29, 0.717) is 0 Å². The fraction of sp³-hybridized carbons (Fsp3) is 0.867. The van der Waals surface area contributed by atoms with Crippen LogP contribution in [0, 0.1) is 5.41 Å². The lowest BCUT2D eigenvalue weighted by Crippen LogP contribution is -2.38. The highest BCUT2D eigenvalue weighted by atomic mass is 16.5. The summed E-state index contributed by atoms with van der Waals surface area (Å²) in [5.41, 5.74) is 0.268. The first-order chi connectivity index (χ1) is 9.67. The largest absolute Gasteiger partial charge is 0.383 e. The minimum atomic E-state index is 0.268. The maximum Gasteiger partial charge on any atom is 0.138 e. The Morgan fingerprint density at radius 3 is 2.75 bits per heavy atom. The van der Waals surface area contributed by atoms with Crippen molar-refractivity contribution in [3.8, 4) is 0 Å². The molecule has 0 saturated heterocycles. The zero-order valence-electron chi connectivity index (χ0n) is 13.5. The summed E-state index contributed by atoms with van der Waals surface area (Å²) >= 11 is 0. The van der Waals surface area contributed by atoms with Crippen LogP contribution in [0.4, 0.5) is 0 Å². The molecule has 116 valence electrons. The Hall–Kier alpha value is -0.940. The van der Waals surface area contributed by atoms with Crippen molar-refractivity contribution in [2.75, 3.05) is 26.8 Å². The molecule has 0 spiro atoms. The molecule has 0 radical (unpaired) electrons. The second kappa shape index (κ2) is 9.08. The quantitative estimate of drug-likeness (QED) is 0.632. The summed E-state index contributed by atoms with van der Waals surface area (Å²) in [6, 6.07) is 0. The number of hydrogen-bond acceptors (Lipinski definition) is 4. The molecule has 5 heteroatoms. The van der Waals surface area contributed by atoms with Crippen molar-refractivity contribution in [2.45, 2.75) is 46.0 Å².